The van der Waals surface area contributed by atoms with Gasteiger partial charge in [-0.3, -0.25) is 25.2 Å². The van der Waals surface area contributed by atoms with Crippen LogP contribution in [0.2, 0.25) is 0 Å². The molecule has 0 radical (unpaired) electrons. The highest BCUT2D eigenvalue weighted by molar-refractivity contribution is 6.09. The van der Waals surface area contributed by atoms with E-state index >= 15 is 0 Å². The maximum absolute atomic E-state index is 13.7. The molecule has 0 fully saturated rings. The average molecular weight is 387 g/mol. The molecule has 12 nitrogen and oxygen atoms in total. The fraction of sp³-hybridized carbons (Fsp3) is 0.643. The molecule has 2 atom stereocenters. The Morgan fingerprint density at radius 2 is 2.11 bits per heavy atom. The van der Waals surface area contributed by atoms with Crippen LogP contribution in [0.3, 0.4) is 0 Å². The second-order valence-corrected chi connectivity index (χ2v) is 6.14. The molecule has 0 aromatic rings. The number of nitrogens with two attached hydrogens (primary N) is 4. The van der Waals surface area contributed by atoms with Crippen LogP contribution in [0.15, 0.2) is 9.98 Å². The van der Waals surface area contributed by atoms with E-state index in [0.717, 1.165) is 4.90 Å². The molecule has 0 aromatic heterocycles. The summed E-state index contributed by atoms with van der Waals surface area (Å²) < 4.78 is 13.7. The van der Waals surface area contributed by atoms with Gasteiger partial charge >= 0.3 is 6.03 Å². The molecular weight excluding hydrogens is 361 g/mol. The van der Waals surface area contributed by atoms with Crippen molar-refractivity contribution in [2.75, 3.05) is 26.8 Å². The predicted molar refractivity (Wildman–Crippen MR) is 97.1 cm³/mol. The zero-order chi connectivity index (χ0) is 20.6. The van der Waals surface area contributed by atoms with Crippen LogP contribution in [0.25, 0.3) is 0 Å². The fourth-order valence-corrected chi connectivity index (χ4v) is 2.45. The molecule has 0 unspecified atom stereocenters. The van der Waals surface area contributed by atoms with Gasteiger partial charge in [0.2, 0.25) is 11.9 Å². The fourth-order valence-electron chi connectivity index (χ4n) is 2.45. The quantitative estimate of drug-likeness (QED) is 0.146. The number of likely N-dealkylation sites (N-methyl/N-ethyl adjacent to an activating group) is 1. The van der Waals surface area contributed by atoms with Gasteiger partial charge in [0.1, 0.15) is 6.67 Å². The second-order valence-electron chi connectivity index (χ2n) is 6.14. The van der Waals surface area contributed by atoms with Gasteiger partial charge in [-0.15, -0.1) is 0 Å². The third-order valence-corrected chi connectivity index (χ3v) is 4.10. The summed E-state index contributed by atoms with van der Waals surface area (Å²) >= 11 is 0. The van der Waals surface area contributed by atoms with E-state index < -0.39 is 36.1 Å². The Morgan fingerprint density at radius 3 is 2.63 bits per heavy atom. The number of hydrogen-bond acceptors (Lipinski definition) is 6. The zero-order valence-electron chi connectivity index (χ0n) is 15.1. The summed E-state index contributed by atoms with van der Waals surface area (Å²) in [5.74, 6) is -1.56. The Balaban J connectivity index is 2.71. The Hall–Kier alpha value is -2.96. The maximum atomic E-state index is 13.7. The van der Waals surface area contributed by atoms with E-state index in [9.17, 15) is 18.8 Å². The van der Waals surface area contributed by atoms with Crippen LogP contribution < -0.4 is 33.6 Å². The van der Waals surface area contributed by atoms with Crippen molar-refractivity contribution in [2.24, 2.45) is 32.9 Å². The molecule has 27 heavy (non-hydrogen) atoms. The highest BCUT2D eigenvalue weighted by Crippen LogP contribution is 2.20. The number of guanidine groups is 2. The van der Waals surface area contributed by atoms with E-state index in [1.807, 2.05) is 0 Å². The monoisotopic (exact) mass is 387 g/mol. The molecule has 13 heteroatoms. The number of urea groups is 1. The molecule has 10 N–H and O–H groups in total. The lowest BCUT2D eigenvalue weighted by Crippen LogP contribution is -2.68. The van der Waals surface area contributed by atoms with Gasteiger partial charge in [-0.25, -0.2) is 14.2 Å². The van der Waals surface area contributed by atoms with Gasteiger partial charge < -0.3 is 27.8 Å². The minimum atomic E-state index is -1.82. The lowest BCUT2D eigenvalue weighted by Gasteiger charge is -2.39. The van der Waals surface area contributed by atoms with E-state index in [0.29, 0.717) is 19.4 Å². The summed E-state index contributed by atoms with van der Waals surface area (Å²) in [7, 11) is 1.30. The Morgan fingerprint density at radius 1 is 1.44 bits per heavy atom. The highest BCUT2D eigenvalue weighted by Gasteiger charge is 2.47. The van der Waals surface area contributed by atoms with Crippen molar-refractivity contribution in [3.8, 4) is 0 Å². The van der Waals surface area contributed by atoms with Gasteiger partial charge in [0, 0.05) is 26.1 Å². The summed E-state index contributed by atoms with van der Waals surface area (Å²) in [5.41, 5.74) is 19.5. The largest absolute Gasteiger partial charge is 0.370 e. The second kappa shape index (κ2) is 9.66. The van der Waals surface area contributed by atoms with Crippen molar-refractivity contribution in [2.45, 2.75) is 30.8 Å². The molecule has 1 aliphatic heterocycles. The molecule has 1 aliphatic rings. The van der Waals surface area contributed by atoms with Crippen LogP contribution in [-0.4, -0.2) is 73.1 Å². The van der Waals surface area contributed by atoms with Crippen molar-refractivity contribution in [1.29, 1.82) is 0 Å². The summed E-state index contributed by atoms with van der Waals surface area (Å²) in [6.07, 6.45) is 0.941. The van der Waals surface area contributed by atoms with Gasteiger partial charge in [0.15, 0.2) is 11.5 Å². The number of rotatable bonds is 8. The van der Waals surface area contributed by atoms with Crippen molar-refractivity contribution in [1.82, 2.24) is 15.5 Å². The van der Waals surface area contributed by atoms with E-state index in [2.05, 4.69) is 20.6 Å². The third-order valence-electron chi connectivity index (χ3n) is 4.10. The molecule has 0 bridgehead atoms. The van der Waals surface area contributed by atoms with Gasteiger partial charge in [-0.2, -0.15) is 0 Å². The smallest absolute Gasteiger partial charge is 0.318 e. The number of halogens is 1. The van der Waals surface area contributed by atoms with E-state index in [4.69, 9.17) is 22.9 Å². The number of amides is 4. The third kappa shape index (κ3) is 6.06. The number of carbonyl (C=O) groups is 3. The molecule has 0 saturated heterocycles. The maximum Gasteiger partial charge on any atom is 0.318 e. The van der Waals surface area contributed by atoms with E-state index in [1.54, 1.807) is 0 Å². The minimum Gasteiger partial charge on any atom is -0.370 e. The van der Waals surface area contributed by atoms with Gasteiger partial charge in [-0.05, 0) is 12.8 Å². The molecule has 0 aromatic carbocycles. The van der Waals surface area contributed by atoms with Crippen molar-refractivity contribution < 1.29 is 18.8 Å². The Labute approximate surface area is 155 Å². The minimum absolute atomic E-state index is 0.0293. The predicted octanol–water partition coefficient (Wildman–Crippen LogP) is -2.92. The topological polar surface area (TPSA) is 207 Å². The molecular formula is C14H26FN9O3. The highest BCUT2D eigenvalue weighted by atomic mass is 19.1. The van der Waals surface area contributed by atoms with Crippen LogP contribution in [0.4, 0.5) is 9.18 Å². The number of nitrogens with zero attached hydrogens (tertiary/aromatic N) is 3. The molecule has 0 saturated carbocycles. The van der Waals surface area contributed by atoms with Crippen LogP contribution in [0.1, 0.15) is 19.3 Å². The van der Waals surface area contributed by atoms with Crippen LogP contribution >= 0.6 is 0 Å². The standard InChI is InChI=1S/C14H26FN9O3/c1-24(9(25)5-8(16)3-2-4-20-11(17)18)14(6-15)7-21-13(22-10(14)26)23-12(19)27/h8H,2-7,16H2,1H3,(H4,17,18,20)(H4,19,21,22,23,26,27)/t8-,14+/m1/s1. The van der Waals surface area contributed by atoms with Crippen molar-refractivity contribution in [3.05, 3.63) is 0 Å². The van der Waals surface area contributed by atoms with Gasteiger partial charge in [0.25, 0.3) is 5.91 Å². The first-order chi connectivity index (χ1) is 12.6. The number of alkyl halides is 1. The van der Waals surface area contributed by atoms with Crippen molar-refractivity contribution >= 4 is 29.8 Å². The molecule has 1 rings (SSSR count). The number of carbonyl (C=O) groups excluding carboxylic acids is 3. The number of hydrogen-bond donors (Lipinski definition) is 6. The summed E-state index contributed by atoms with van der Waals surface area (Å²) in [6, 6.07) is -1.44. The van der Waals surface area contributed by atoms with E-state index in [-0.39, 0.29) is 24.9 Å². The first kappa shape index (κ1) is 22.1. The number of aliphatic imine (C=N–C) groups is 2. The molecule has 0 spiro atoms. The van der Waals surface area contributed by atoms with Gasteiger partial charge in [-0.1, -0.05) is 0 Å². The van der Waals surface area contributed by atoms with Gasteiger partial charge in [0.05, 0.1) is 6.54 Å². The Kier molecular flexibility index (Phi) is 7.90. The molecule has 1 heterocycles. The molecule has 0 aliphatic carbocycles. The lowest BCUT2D eigenvalue weighted by atomic mass is 9.95. The van der Waals surface area contributed by atoms with Crippen LogP contribution in [0, 0.1) is 0 Å². The summed E-state index contributed by atoms with van der Waals surface area (Å²) in [4.78, 5) is 44.3. The average Bonchev–Trinajstić information content (AvgIpc) is 2.58. The first-order valence-corrected chi connectivity index (χ1v) is 8.18. The lowest BCUT2D eigenvalue weighted by molar-refractivity contribution is -0.146. The molecule has 4 amide bonds. The summed E-state index contributed by atoms with van der Waals surface area (Å²) in [5, 5.41) is 4.32. The van der Waals surface area contributed by atoms with Crippen LogP contribution in [-0.2, 0) is 9.59 Å². The number of primary amides is 1. The van der Waals surface area contributed by atoms with Crippen molar-refractivity contribution in [3.63, 3.8) is 0 Å². The van der Waals surface area contributed by atoms with E-state index in [1.165, 1.54) is 7.05 Å². The molecule has 152 valence electrons. The first-order valence-electron chi connectivity index (χ1n) is 8.18. The van der Waals surface area contributed by atoms with Crippen LogP contribution in [0.5, 0.6) is 0 Å². The number of nitrogens with one attached hydrogen (secondary N) is 2. The Bertz CT molecular complexity index is 635. The normalized spacial score (nSPS) is 20.1. The summed E-state index contributed by atoms with van der Waals surface area (Å²) in [6.45, 7) is -1.15. The SMILES string of the molecule is CN(C(=O)C[C@H](N)CCCN=C(N)N)[C@@]1(CF)CN=C(NC(N)=O)NC1=O. The zero-order valence-corrected chi connectivity index (χ0v) is 15.1.